The lowest BCUT2D eigenvalue weighted by Crippen LogP contribution is -2.40. The molecule has 1 amide bonds. The zero-order valence-corrected chi connectivity index (χ0v) is 18.1. The number of alkyl carbamates (subject to hydrolysis) is 1. The van der Waals surface area contributed by atoms with Crippen LogP contribution in [-0.4, -0.2) is 31.0 Å². The van der Waals surface area contributed by atoms with E-state index in [0.717, 1.165) is 0 Å². The average molecular weight is 431 g/mol. The van der Waals surface area contributed by atoms with Crippen LogP contribution in [0.2, 0.25) is 0 Å². The van der Waals surface area contributed by atoms with Crippen LogP contribution in [0.1, 0.15) is 38.2 Å². The van der Waals surface area contributed by atoms with E-state index in [4.69, 9.17) is 24.5 Å². The third-order valence-corrected chi connectivity index (χ3v) is 4.53. The van der Waals surface area contributed by atoms with Crippen LogP contribution >= 0.6 is 0 Å². The second-order valence-electron chi connectivity index (χ2n) is 8.05. The topological polar surface area (TPSA) is 109 Å². The van der Waals surface area contributed by atoms with Crippen LogP contribution < -0.4 is 11.1 Å². The van der Waals surface area contributed by atoms with Crippen molar-refractivity contribution in [2.45, 2.75) is 39.2 Å². The number of nitrogens with one attached hydrogen (secondary N) is 1. The molecule has 0 fully saturated rings. The van der Waals surface area contributed by atoms with Gasteiger partial charge in [-0.25, -0.2) is 9.18 Å². The van der Waals surface area contributed by atoms with Crippen molar-refractivity contribution in [3.05, 3.63) is 47.3 Å². The summed E-state index contributed by atoms with van der Waals surface area (Å²) in [6.07, 6.45) is -1.32. The third-order valence-electron chi connectivity index (χ3n) is 4.53. The maximum Gasteiger partial charge on any atom is 0.407 e. The van der Waals surface area contributed by atoms with Gasteiger partial charge in [0, 0.05) is 42.0 Å². The Labute approximate surface area is 179 Å². The lowest BCUT2D eigenvalue weighted by Gasteiger charge is -2.20. The van der Waals surface area contributed by atoms with Gasteiger partial charge in [-0.05, 0) is 32.9 Å². The van der Waals surface area contributed by atoms with Gasteiger partial charge in [-0.2, -0.15) is 0 Å². The number of aromatic nitrogens is 1. The first-order valence-electron chi connectivity index (χ1n) is 9.61. The first kappa shape index (κ1) is 22.5. The van der Waals surface area contributed by atoms with Crippen LogP contribution in [0.25, 0.3) is 22.1 Å². The van der Waals surface area contributed by atoms with Gasteiger partial charge in [0.05, 0.1) is 5.39 Å². The number of nitrogens with zero attached hydrogens (tertiary/aromatic N) is 1. The number of methoxy groups -OCH3 is 2. The predicted octanol–water partition coefficient (Wildman–Crippen LogP) is 4.53. The molecular formula is C22H26FN3O5. The SMILES string of the molecule is COC(OC)c1cc(-c2cccc(COC(=O)NC(C)(C)C)c2F)c2onc(N)c2c1. The van der Waals surface area contributed by atoms with Crippen molar-refractivity contribution in [2.24, 2.45) is 0 Å². The number of ether oxygens (including phenoxy) is 3. The quantitative estimate of drug-likeness (QED) is 0.552. The minimum Gasteiger partial charge on any atom is -0.445 e. The molecular weight excluding hydrogens is 405 g/mol. The summed E-state index contributed by atoms with van der Waals surface area (Å²) in [6.45, 7) is 5.24. The minimum absolute atomic E-state index is 0.169. The van der Waals surface area contributed by atoms with Crippen LogP contribution in [-0.2, 0) is 20.8 Å². The number of carbonyl (C=O) groups excluding carboxylic acids is 1. The molecule has 0 aliphatic rings. The van der Waals surface area contributed by atoms with Crippen molar-refractivity contribution in [1.29, 1.82) is 0 Å². The Balaban J connectivity index is 2.01. The number of anilines is 1. The van der Waals surface area contributed by atoms with Gasteiger partial charge in [0.15, 0.2) is 17.7 Å². The first-order chi connectivity index (χ1) is 14.6. The summed E-state index contributed by atoms with van der Waals surface area (Å²) in [5, 5.41) is 6.98. The maximum absolute atomic E-state index is 15.4. The molecule has 0 aliphatic carbocycles. The molecule has 0 aliphatic heterocycles. The Morgan fingerprint density at radius 2 is 1.94 bits per heavy atom. The van der Waals surface area contributed by atoms with Gasteiger partial charge in [-0.3, -0.25) is 0 Å². The number of halogens is 1. The molecule has 8 nitrogen and oxygen atoms in total. The average Bonchev–Trinajstić information content (AvgIpc) is 3.07. The molecule has 9 heteroatoms. The molecule has 2 aromatic carbocycles. The molecule has 0 unspecified atom stereocenters. The summed E-state index contributed by atoms with van der Waals surface area (Å²) in [6, 6.07) is 8.23. The summed E-state index contributed by atoms with van der Waals surface area (Å²) in [4.78, 5) is 11.9. The Kier molecular flexibility index (Phi) is 6.47. The normalized spacial score (nSPS) is 11.8. The van der Waals surface area contributed by atoms with E-state index in [9.17, 15) is 4.79 Å². The van der Waals surface area contributed by atoms with E-state index in [-0.39, 0.29) is 23.6 Å². The zero-order chi connectivity index (χ0) is 22.8. The number of amides is 1. The number of nitrogens with two attached hydrogens (primary N) is 1. The third kappa shape index (κ3) is 4.95. The Bertz CT molecular complexity index is 1090. The summed E-state index contributed by atoms with van der Waals surface area (Å²) >= 11 is 0. The number of nitrogen functional groups attached to an aromatic ring is 1. The van der Waals surface area contributed by atoms with Crippen molar-refractivity contribution in [3.63, 3.8) is 0 Å². The monoisotopic (exact) mass is 431 g/mol. The van der Waals surface area contributed by atoms with Gasteiger partial charge in [-0.15, -0.1) is 0 Å². The Morgan fingerprint density at radius 3 is 2.58 bits per heavy atom. The van der Waals surface area contributed by atoms with Crippen LogP contribution in [0.4, 0.5) is 15.0 Å². The van der Waals surface area contributed by atoms with E-state index in [1.54, 1.807) is 30.3 Å². The van der Waals surface area contributed by atoms with E-state index in [2.05, 4.69) is 10.5 Å². The minimum atomic E-state index is -0.687. The molecule has 0 spiro atoms. The van der Waals surface area contributed by atoms with Crippen molar-refractivity contribution < 1.29 is 27.9 Å². The molecule has 1 heterocycles. The van der Waals surface area contributed by atoms with Gasteiger partial charge in [0.2, 0.25) is 0 Å². The van der Waals surface area contributed by atoms with E-state index in [0.29, 0.717) is 22.1 Å². The Hall–Kier alpha value is -3.17. The molecule has 0 atom stereocenters. The largest absolute Gasteiger partial charge is 0.445 e. The van der Waals surface area contributed by atoms with Crippen molar-refractivity contribution in [3.8, 4) is 11.1 Å². The fraction of sp³-hybridized carbons (Fsp3) is 0.364. The highest BCUT2D eigenvalue weighted by molar-refractivity contribution is 5.98. The van der Waals surface area contributed by atoms with Crippen LogP contribution in [0.5, 0.6) is 0 Å². The predicted molar refractivity (Wildman–Crippen MR) is 114 cm³/mol. The molecule has 3 rings (SSSR count). The van der Waals surface area contributed by atoms with Crippen LogP contribution in [0.3, 0.4) is 0 Å². The van der Waals surface area contributed by atoms with E-state index in [1.165, 1.54) is 14.2 Å². The number of fused-ring (bicyclic) bond motifs is 1. The molecule has 0 radical (unpaired) electrons. The Morgan fingerprint density at radius 1 is 1.23 bits per heavy atom. The number of carbonyl (C=O) groups is 1. The van der Waals surface area contributed by atoms with Gasteiger partial charge in [0.25, 0.3) is 0 Å². The summed E-state index contributed by atoms with van der Waals surface area (Å²) in [7, 11) is 2.99. The van der Waals surface area contributed by atoms with E-state index >= 15 is 4.39 Å². The molecule has 3 aromatic rings. The molecule has 31 heavy (non-hydrogen) atoms. The fourth-order valence-corrected chi connectivity index (χ4v) is 3.17. The van der Waals surface area contributed by atoms with Gasteiger partial charge in [0.1, 0.15) is 12.4 Å². The summed E-state index contributed by atoms with van der Waals surface area (Å²) in [5.74, 6) is -0.381. The molecule has 166 valence electrons. The standard InChI is InChI=1S/C22H26FN3O5/c1-22(2,3)25-21(27)30-11-12-7-6-8-14(17(12)23)15-9-13(20(28-4)29-5)10-16-18(15)31-26-19(16)24/h6-10,20H,11H2,1-5H3,(H2,24,26)(H,25,27). The highest BCUT2D eigenvalue weighted by Gasteiger charge is 2.22. The molecule has 0 saturated heterocycles. The van der Waals surface area contributed by atoms with Crippen LogP contribution in [0, 0.1) is 5.82 Å². The number of rotatable bonds is 6. The summed E-state index contributed by atoms with van der Waals surface area (Å²) < 4.78 is 36.6. The highest BCUT2D eigenvalue weighted by Crippen LogP contribution is 2.37. The van der Waals surface area contributed by atoms with Crippen molar-refractivity contribution >= 4 is 22.9 Å². The van der Waals surface area contributed by atoms with E-state index in [1.807, 2.05) is 20.8 Å². The molecule has 0 saturated carbocycles. The summed E-state index contributed by atoms with van der Waals surface area (Å²) in [5.41, 5.74) is 7.29. The highest BCUT2D eigenvalue weighted by atomic mass is 19.1. The van der Waals surface area contributed by atoms with Crippen molar-refractivity contribution in [1.82, 2.24) is 10.5 Å². The lowest BCUT2D eigenvalue weighted by atomic mass is 9.97. The fourth-order valence-electron chi connectivity index (χ4n) is 3.17. The first-order valence-corrected chi connectivity index (χ1v) is 9.61. The lowest BCUT2D eigenvalue weighted by molar-refractivity contribution is -0.105. The van der Waals surface area contributed by atoms with Gasteiger partial charge in [-0.1, -0.05) is 23.4 Å². The zero-order valence-electron chi connectivity index (χ0n) is 18.1. The van der Waals surface area contributed by atoms with Gasteiger partial charge >= 0.3 is 6.09 Å². The molecule has 1 aromatic heterocycles. The van der Waals surface area contributed by atoms with Gasteiger partial charge < -0.3 is 29.8 Å². The number of benzene rings is 2. The molecule has 0 bridgehead atoms. The second-order valence-corrected chi connectivity index (χ2v) is 8.05. The second kappa shape index (κ2) is 8.91. The molecule has 3 N–H and O–H groups in total. The smallest absolute Gasteiger partial charge is 0.407 e. The number of hydrogen-bond donors (Lipinski definition) is 2. The maximum atomic E-state index is 15.4. The van der Waals surface area contributed by atoms with Crippen molar-refractivity contribution in [2.75, 3.05) is 20.0 Å². The van der Waals surface area contributed by atoms with Crippen LogP contribution in [0.15, 0.2) is 34.9 Å². The number of hydrogen-bond acceptors (Lipinski definition) is 7. The van der Waals surface area contributed by atoms with E-state index < -0.39 is 23.7 Å².